The van der Waals surface area contributed by atoms with Gasteiger partial charge in [-0.2, -0.15) is 0 Å². The minimum Gasteiger partial charge on any atom is -0.496 e. The Labute approximate surface area is 133 Å². The molecule has 2 N–H and O–H groups in total. The standard InChI is InChI=1S/C15H15Cl2NOS/c1-19-14-6-10(2-3-11(14)8-18)9-20-15-7-12(16)4-5-13(15)17/h2-7H,8-9,18H2,1H3. The number of hydrogen-bond acceptors (Lipinski definition) is 3. The van der Waals surface area contributed by atoms with Crippen molar-refractivity contribution in [1.82, 2.24) is 0 Å². The average Bonchev–Trinajstić information content (AvgIpc) is 2.47. The summed E-state index contributed by atoms with van der Waals surface area (Å²) in [6.07, 6.45) is 0. The Kier molecular flexibility index (Phi) is 5.61. The van der Waals surface area contributed by atoms with Gasteiger partial charge in [0, 0.05) is 27.8 Å². The van der Waals surface area contributed by atoms with E-state index in [0.717, 1.165) is 27.5 Å². The summed E-state index contributed by atoms with van der Waals surface area (Å²) in [5.41, 5.74) is 7.82. The van der Waals surface area contributed by atoms with Gasteiger partial charge < -0.3 is 10.5 Å². The highest BCUT2D eigenvalue weighted by molar-refractivity contribution is 7.98. The van der Waals surface area contributed by atoms with Crippen molar-refractivity contribution in [1.29, 1.82) is 0 Å². The summed E-state index contributed by atoms with van der Waals surface area (Å²) in [6, 6.07) is 11.5. The van der Waals surface area contributed by atoms with Crippen LogP contribution in [0.4, 0.5) is 0 Å². The molecule has 2 aromatic rings. The summed E-state index contributed by atoms with van der Waals surface area (Å²) in [6.45, 7) is 0.469. The fourth-order valence-electron chi connectivity index (χ4n) is 1.80. The van der Waals surface area contributed by atoms with Crippen molar-refractivity contribution in [2.24, 2.45) is 5.73 Å². The maximum atomic E-state index is 6.15. The predicted molar refractivity (Wildman–Crippen MR) is 86.9 cm³/mol. The van der Waals surface area contributed by atoms with Gasteiger partial charge in [0.25, 0.3) is 0 Å². The molecule has 0 amide bonds. The van der Waals surface area contributed by atoms with E-state index in [2.05, 4.69) is 6.07 Å². The van der Waals surface area contributed by atoms with Gasteiger partial charge >= 0.3 is 0 Å². The second-order valence-corrected chi connectivity index (χ2v) is 6.07. The molecule has 0 aliphatic carbocycles. The molecule has 0 saturated carbocycles. The lowest BCUT2D eigenvalue weighted by molar-refractivity contribution is 0.409. The highest BCUT2D eigenvalue weighted by Gasteiger charge is 2.06. The molecule has 0 aromatic heterocycles. The van der Waals surface area contributed by atoms with Crippen LogP contribution in [0.1, 0.15) is 11.1 Å². The first-order chi connectivity index (χ1) is 9.63. The minimum atomic E-state index is 0.469. The van der Waals surface area contributed by atoms with Crippen LogP contribution in [-0.2, 0) is 12.3 Å². The molecule has 0 aliphatic heterocycles. The first-order valence-corrected chi connectivity index (χ1v) is 7.82. The molecule has 0 saturated heterocycles. The molecular weight excluding hydrogens is 313 g/mol. The van der Waals surface area contributed by atoms with E-state index in [-0.39, 0.29) is 0 Å². The van der Waals surface area contributed by atoms with Gasteiger partial charge in [0.1, 0.15) is 5.75 Å². The molecule has 20 heavy (non-hydrogen) atoms. The van der Waals surface area contributed by atoms with Crippen LogP contribution in [-0.4, -0.2) is 7.11 Å². The number of ether oxygens (including phenoxy) is 1. The Balaban J connectivity index is 2.12. The maximum absolute atomic E-state index is 6.15. The number of methoxy groups -OCH3 is 1. The van der Waals surface area contributed by atoms with Gasteiger partial charge in [-0.05, 0) is 29.8 Å². The molecular formula is C15H15Cl2NOS. The van der Waals surface area contributed by atoms with Crippen molar-refractivity contribution in [2.45, 2.75) is 17.2 Å². The molecule has 0 radical (unpaired) electrons. The third-order valence-corrected chi connectivity index (χ3v) is 4.66. The molecule has 2 rings (SSSR count). The highest BCUT2D eigenvalue weighted by atomic mass is 35.5. The van der Waals surface area contributed by atoms with Gasteiger partial charge in [0.05, 0.1) is 12.1 Å². The smallest absolute Gasteiger partial charge is 0.123 e. The van der Waals surface area contributed by atoms with E-state index in [1.165, 1.54) is 0 Å². The van der Waals surface area contributed by atoms with Gasteiger partial charge in [0.2, 0.25) is 0 Å². The SMILES string of the molecule is COc1cc(CSc2cc(Cl)ccc2Cl)ccc1CN. The van der Waals surface area contributed by atoms with Gasteiger partial charge in [0.15, 0.2) is 0 Å². The van der Waals surface area contributed by atoms with Gasteiger partial charge in [-0.15, -0.1) is 11.8 Å². The lowest BCUT2D eigenvalue weighted by atomic mass is 10.1. The number of nitrogens with two attached hydrogens (primary N) is 1. The summed E-state index contributed by atoms with van der Waals surface area (Å²) in [5, 5.41) is 1.40. The van der Waals surface area contributed by atoms with E-state index in [1.54, 1.807) is 24.9 Å². The zero-order chi connectivity index (χ0) is 14.5. The van der Waals surface area contributed by atoms with Crippen LogP contribution in [0.2, 0.25) is 10.0 Å². The number of rotatable bonds is 5. The first kappa shape index (κ1) is 15.5. The predicted octanol–water partition coefficient (Wildman–Crippen LogP) is 4.75. The molecule has 106 valence electrons. The number of hydrogen-bond donors (Lipinski definition) is 1. The van der Waals surface area contributed by atoms with E-state index >= 15 is 0 Å². The largest absolute Gasteiger partial charge is 0.496 e. The monoisotopic (exact) mass is 327 g/mol. The van der Waals surface area contributed by atoms with Gasteiger partial charge in [-0.25, -0.2) is 0 Å². The van der Waals surface area contributed by atoms with Crippen LogP contribution in [0, 0.1) is 0 Å². The van der Waals surface area contributed by atoms with Crippen LogP contribution in [0.15, 0.2) is 41.3 Å². The normalized spacial score (nSPS) is 10.6. The van der Waals surface area contributed by atoms with E-state index in [4.69, 9.17) is 33.7 Å². The van der Waals surface area contributed by atoms with E-state index in [0.29, 0.717) is 16.6 Å². The molecule has 0 bridgehead atoms. The Hall–Kier alpha value is -0.870. The third kappa shape index (κ3) is 3.83. The van der Waals surface area contributed by atoms with Crippen LogP contribution >= 0.6 is 35.0 Å². The van der Waals surface area contributed by atoms with Crippen LogP contribution in [0.25, 0.3) is 0 Å². The van der Waals surface area contributed by atoms with Crippen molar-refractivity contribution in [2.75, 3.05) is 7.11 Å². The summed E-state index contributed by atoms with van der Waals surface area (Å²) < 4.78 is 5.34. The Morgan fingerprint density at radius 1 is 1.15 bits per heavy atom. The number of benzene rings is 2. The highest BCUT2D eigenvalue weighted by Crippen LogP contribution is 2.33. The zero-order valence-electron chi connectivity index (χ0n) is 11.0. The van der Waals surface area contributed by atoms with Crippen molar-refractivity contribution < 1.29 is 4.74 Å². The fourth-order valence-corrected chi connectivity index (χ4v) is 3.23. The topological polar surface area (TPSA) is 35.2 Å². The molecule has 0 atom stereocenters. The molecule has 0 aliphatic rings. The van der Waals surface area contributed by atoms with Gasteiger partial charge in [-0.1, -0.05) is 35.3 Å². The summed E-state index contributed by atoms with van der Waals surface area (Å²) in [7, 11) is 1.65. The molecule has 0 fully saturated rings. The molecule has 5 heteroatoms. The Morgan fingerprint density at radius 3 is 2.65 bits per heavy atom. The summed E-state index contributed by atoms with van der Waals surface area (Å²) >= 11 is 13.8. The van der Waals surface area contributed by atoms with Crippen LogP contribution in [0.3, 0.4) is 0 Å². The summed E-state index contributed by atoms with van der Waals surface area (Å²) in [4.78, 5) is 0.973. The first-order valence-electron chi connectivity index (χ1n) is 6.07. The molecule has 2 nitrogen and oxygen atoms in total. The lowest BCUT2D eigenvalue weighted by Crippen LogP contribution is -2.00. The average molecular weight is 328 g/mol. The Bertz CT molecular complexity index is 604. The van der Waals surface area contributed by atoms with Crippen molar-refractivity contribution in [3.8, 4) is 5.75 Å². The van der Waals surface area contributed by atoms with Crippen molar-refractivity contribution in [3.63, 3.8) is 0 Å². The Morgan fingerprint density at radius 2 is 1.95 bits per heavy atom. The molecule has 0 unspecified atom stereocenters. The van der Waals surface area contributed by atoms with Gasteiger partial charge in [-0.3, -0.25) is 0 Å². The van der Waals surface area contributed by atoms with Crippen LogP contribution < -0.4 is 10.5 Å². The summed E-state index contributed by atoms with van der Waals surface area (Å²) in [5.74, 6) is 1.61. The molecule has 2 aromatic carbocycles. The maximum Gasteiger partial charge on any atom is 0.123 e. The number of thioether (sulfide) groups is 1. The third-order valence-electron chi connectivity index (χ3n) is 2.86. The minimum absolute atomic E-state index is 0.469. The van der Waals surface area contributed by atoms with Crippen molar-refractivity contribution >= 4 is 35.0 Å². The van der Waals surface area contributed by atoms with Crippen molar-refractivity contribution in [3.05, 3.63) is 57.6 Å². The van der Waals surface area contributed by atoms with Crippen LogP contribution in [0.5, 0.6) is 5.75 Å². The fraction of sp³-hybridized carbons (Fsp3) is 0.200. The van der Waals surface area contributed by atoms with E-state index in [9.17, 15) is 0 Å². The van der Waals surface area contributed by atoms with E-state index < -0.39 is 0 Å². The molecule has 0 heterocycles. The van der Waals surface area contributed by atoms with E-state index in [1.807, 2.05) is 24.3 Å². The lowest BCUT2D eigenvalue weighted by Gasteiger charge is -2.10. The second-order valence-electron chi connectivity index (χ2n) is 4.21. The zero-order valence-corrected chi connectivity index (χ0v) is 13.4. The second kappa shape index (κ2) is 7.23. The number of halogens is 2. The quantitative estimate of drug-likeness (QED) is 0.804. The molecule has 0 spiro atoms.